The van der Waals surface area contributed by atoms with Gasteiger partial charge in [0, 0.05) is 50.4 Å². The fourth-order valence-corrected chi connectivity index (χ4v) is 5.16. The van der Waals surface area contributed by atoms with E-state index < -0.39 is 5.79 Å². The molecular weight excluding hydrogens is 388 g/mol. The SMILES string of the molecule is Cc1ncn(C2CCC3(CC2)OCCO3)c(=O)c1Sc1nccc(N(C)C)c1C. The summed E-state index contributed by atoms with van der Waals surface area (Å²) in [6.45, 7) is 5.25. The largest absolute Gasteiger partial charge is 0.377 e. The predicted octanol–water partition coefficient (Wildman–Crippen LogP) is 3.33. The van der Waals surface area contributed by atoms with Gasteiger partial charge in [0.25, 0.3) is 5.56 Å². The van der Waals surface area contributed by atoms with Crippen molar-refractivity contribution >= 4 is 17.4 Å². The number of ether oxygens (including phenoxy) is 2. The molecule has 1 spiro atoms. The van der Waals surface area contributed by atoms with E-state index in [0.717, 1.165) is 47.7 Å². The average molecular weight is 417 g/mol. The van der Waals surface area contributed by atoms with Crippen LogP contribution in [0.15, 0.2) is 33.3 Å². The number of rotatable bonds is 4. The van der Waals surface area contributed by atoms with E-state index in [9.17, 15) is 4.79 Å². The van der Waals surface area contributed by atoms with Crippen LogP contribution in [-0.2, 0) is 9.47 Å². The number of aryl methyl sites for hydroxylation is 1. The maximum Gasteiger partial charge on any atom is 0.267 e. The van der Waals surface area contributed by atoms with Gasteiger partial charge in [-0.3, -0.25) is 9.36 Å². The Hall–Kier alpha value is -1.90. The molecule has 0 amide bonds. The molecule has 0 atom stereocenters. The molecule has 4 rings (SSSR count). The molecule has 1 aliphatic heterocycles. The molecule has 0 unspecified atom stereocenters. The van der Waals surface area contributed by atoms with E-state index in [0.29, 0.717) is 18.1 Å². The standard InChI is InChI=1S/C21H28N4O3S/c1-14-17(24(3)4)7-10-22-19(14)29-18-15(2)23-13-25(20(18)26)16-5-8-21(9-6-16)27-11-12-28-21/h7,10,13,16H,5-6,8-9,11-12H2,1-4H3. The van der Waals surface area contributed by atoms with Gasteiger partial charge in [-0.25, -0.2) is 9.97 Å². The van der Waals surface area contributed by atoms with E-state index in [4.69, 9.17) is 9.47 Å². The first kappa shape index (κ1) is 20.4. The van der Waals surface area contributed by atoms with Gasteiger partial charge in [0.05, 0.1) is 25.2 Å². The van der Waals surface area contributed by atoms with E-state index in [-0.39, 0.29) is 11.6 Å². The molecule has 0 radical (unpaired) electrons. The molecule has 1 aliphatic carbocycles. The topological polar surface area (TPSA) is 69.5 Å². The monoisotopic (exact) mass is 416 g/mol. The van der Waals surface area contributed by atoms with Gasteiger partial charge in [-0.1, -0.05) is 11.8 Å². The molecule has 29 heavy (non-hydrogen) atoms. The van der Waals surface area contributed by atoms with Gasteiger partial charge >= 0.3 is 0 Å². The van der Waals surface area contributed by atoms with E-state index in [1.807, 2.05) is 34.0 Å². The van der Waals surface area contributed by atoms with Gasteiger partial charge in [-0.15, -0.1) is 0 Å². The Bertz CT molecular complexity index is 943. The van der Waals surface area contributed by atoms with Crippen molar-refractivity contribution in [3.8, 4) is 0 Å². The minimum absolute atomic E-state index is 0.00756. The number of aromatic nitrogens is 3. The van der Waals surface area contributed by atoms with Crippen LogP contribution >= 0.6 is 11.8 Å². The number of pyridine rings is 1. The van der Waals surface area contributed by atoms with Crippen LogP contribution in [0.25, 0.3) is 0 Å². The Morgan fingerprint density at radius 1 is 1.17 bits per heavy atom. The van der Waals surface area contributed by atoms with Crippen molar-refractivity contribution in [2.24, 2.45) is 0 Å². The van der Waals surface area contributed by atoms with Gasteiger partial charge in [0.1, 0.15) is 9.92 Å². The fourth-order valence-electron chi connectivity index (χ4n) is 4.21. The van der Waals surface area contributed by atoms with E-state index in [2.05, 4.69) is 14.9 Å². The third-order valence-electron chi connectivity index (χ3n) is 5.87. The third kappa shape index (κ3) is 3.93. The number of hydrogen-bond acceptors (Lipinski definition) is 7. The van der Waals surface area contributed by atoms with Crippen LogP contribution in [0.5, 0.6) is 0 Å². The lowest BCUT2D eigenvalue weighted by Crippen LogP contribution is -2.38. The minimum atomic E-state index is -0.427. The van der Waals surface area contributed by atoms with Crippen LogP contribution in [0.2, 0.25) is 0 Å². The highest BCUT2D eigenvalue weighted by Crippen LogP contribution is 2.40. The van der Waals surface area contributed by atoms with Crippen LogP contribution in [0.1, 0.15) is 43.0 Å². The van der Waals surface area contributed by atoms with Crippen LogP contribution in [-0.4, -0.2) is 47.6 Å². The van der Waals surface area contributed by atoms with E-state index in [1.165, 1.54) is 11.8 Å². The molecule has 3 heterocycles. The van der Waals surface area contributed by atoms with Crippen LogP contribution in [0.3, 0.4) is 0 Å². The smallest absolute Gasteiger partial charge is 0.267 e. The number of anilines is 1. The number of hydrogen-bond donors (Lipinski definition) is 0. The molecule has 2 aromatic rings. The van der Waals surface area contributed by atoms with Crippen molar-refractivity contribution in [3.63, 3.8) is 0 Å². The lowest BCUT2D eigenvalue weighted by atomic mass is 9.90. The Morgan fingerprint density at radius 2 is 1.86 bits per heavy atom. The van der Waals surface area contributed by atoms with Crippen molar-refractivity contribution in [3.05, 3.63) is 40.2 Å². The van der Waals surface area contributed by atoms with E-state index >= 15 is 0 Å². The first-order chi connectivity index (χ1) is 13.9. The zero-order valence-corrected chi connectivity index (χ0v) is 18.3. The van der Waals surface area contributed by atoms with Crippen molar-refractivity contribution in [2.45, 2.75) is 61.3 Å². The summed E-state index contributed by atoms with van der Waals surface area (Å²) in [5, 5.41) is 0.839. The molecule has 1 saturated carbocycles. The molecule has 8 heteroatoms. The van der Waals surface area contributed by atoms with Crippen molar-refractivity contribution in [1.29, 1.82) is 0 Å². The molecule has 0 aromatic carbocycles. The van der Waals surface area contributed by atoms with Gasteiger partial charge in [-0.05, 0) is 32.8 Å². The molecule has 156 valence electrons. The lowest BCUT2D eigenvalue weighted by molar-refractivity contribution is -0.181. The predicted molar refractivity (Wildman–Crippen MR) is 113 cm³/mol. The molecule has 7 nitrogen and oxygen atoms in total. The summed E-state index contributed by atoms with van der Waals surface area (Å²) >= 11 is 1.41. The minimum Gasteiger partial charge on any atom is -0.377 e. The van der Waals surface area contributed by atoms with Crippen LogP contribution in [0.4, 0.5) is 5.69 Å². The van der Waals surface area contributed by atoms with E-state index in [1.54, 1.807) is 17.1 Å². The Morgan fingerprint density at radius 3 is 2.52 bits per heavy atom. The summed E-state index contributed by atoms with van der Waals surface area (Å²) < 4.78 is 13.4. The molecule has 0 N–H and O–H groups in total. The Kier molecular flexibility index (Phi) is 5.68. The highest BCUT2D eigenvalue weighted by Gasteiger charge is 2.41. The molecule has 2 fully saturated rings. The van der Waals surface area contributed by atoms with Gasteiger partial charge in [-0.2, -0.15) is 0 Å². The molecular formula is C21H28N4O3S. The summed E-state index contributed by atoms with van der Waals surface area (Å²) in [7, 11) is 4.01. The number of nitrogens with zero attached hydrogens (tertiary/aromatic N) is 4. The lowest BCUT2D eigenvalue weighted by Gasteiger charge is -2.35. The molecule has 1 saturated heterocycles. The Balaban J connectivity index is 1.60. The molecule has 2 aromatic heterocycles. The van der Waals surface area contributed by atoms with Crippen LogP contribution in [0, 0.1) is 13.8 Å². The zero-order valence-electron chi connectivity index (χ0n) is 17.5. The summed E-state index contributed by atoms with van der Waals surface area (Å²) in [6, 6.07) is 2.11. The highest BCUT2D eigenvalue weighted by molar-refractivity contribution is 7.99. The average Bonchev–Trinajstić information content (AvgIpc) is 3.15. The van der Waals surface area contributed by atoms with Crippen LogP contribution < -0.4 is 10.5 Å². The summed E-state index contributed by atoms with van der Waals surface area (Å²) in [6.07, 6.45) is 6.80. The first-order valence-electron chi connectivity index (χ1n) is 10.1. The summed E-state index contributed by atoms with van der Waals surface area (Å²) in [5.41, 5.74) is 2.90. The normalized spacial score (nSPS) is 19.0. The van der Waals surface area contributed by atoms with Gasteiger partial charge < -0.3 is 14.4 Å². The van der Waals surface area contributed by atoms with Gasteiger partial charge in [0.15, 0.2) is 5.79 Å². The third-order valence-corrected chi connectivity index (χ3v) is 7.15. The second kappa shape index (κ2) is 8.08. The molecule has 0 bridgehead atoms. The highest BCUT2D eigenvalue weighted by atomic mass is 32.2. The van der Waals surface area contributed by atoms with Crippen molar-refractivity contribution in [1.82, 2.24) is 14.5 Å². The quantitative estimate of drug-likeness (QED) is 0.757. The summed E-state index contributed by atoms with van der Waals surface area (Å²) in [4.78, 5) is 25.1. The maximum atomic E-state index is 13.3. The molecule has 2 aliphatic rings. The Labute approximate surface area is 175 Å². The summed E-state index contributed by atoms with van der Waals surface area (Å²) in [5.74, 6) is -0.427. The second-order valence-electron chi connectivity index (χ2n) is 7.97. The van der Waals surface area contributed by atoms with Crippen molar-refractivity contribution in [2.75, 3.05) is 32.2 Å². The first-order valence-corrected chi connectivity index (χ1v) is 10.9. The van der Waals surface area contributed by atoms with Crippen molar-refractivity contribution < 1.29 is 9.47 Å². The van der Waals surface area contributed by atoms with Gasteiger partial charge in [0.2, 0.25) is 0 Å². The maximum absolute atomic E-state index is 13.3. The fraction of sp³-hybridized carbons (Fsp3) is 0.571. The zero-order chi connectivity index (χ0) is 20.6. The second-order valence-corrected chi connectivity index (χ2v) is 8.97.